The first-order chi connectivity index (χ1) is 11.2. The molecule has 0 radical (unpaired) electrons. The van der Waals surface area contributed by atoms with Crippen LogP contribution in [0.1, 0.15) is 31.2 Å². The fraction of sp³-hybridized carbons (Fsp3) is 0.375. The van der Waals surface area contributed by atoms with E-state index in [2.05, 4.69) is 20.7 Å². The summed E-state index contributed by atoms with van der Waals surface area (Å²) in [5, 5.41) is 9.64. The molecule has 2 rings (SSSR count). The number of nitrogens with one attached hydrogen (secondary N) is 2. The van der Waals surface area contributed by atoms with Crippen LogP contribution in [0.5, 0.6) is 0 Å². The fourth-order valence-corrected chi connectivity index (χ4v) is 2.09. The lowest BCUT2D eigenvalue weighted by Crippen LogP contribution is -2.17. The molecule has 7 nitrogen and oxygen atoms in total. The Morgan fingerprint density at radius 3 is 2.48 bits per heavy atom. The van der Waals surface area contributed by atoms with E-state index in [1.54, 1.807) is 30.2 Å². The van der Waals surface area contributed by atoms with Crippen LogP contribution in [0, 0.1) is 0 Å². The van der Waals surface area contributed by atoms with E-state index in [1.807, 2.05) is 18.3 Å². The van der Waals surface area contributed by atoms with Gasteiger partial charge in [-0.05, 0) is 30.5 Å². The van der Waals surface area contributed by atoms with E-state index < -0.39 is 0 Å². The molecule has 2 heterocycles. The Labute approximate surface area is 135 Å². The van der Waals surface area contributed by atoms with Crippen LogP contribution < -0.4 is 10.6 Å². The van der Waals surface area contributed by atoms with Gasteiger partial charge in [-0.3, -0.25) is 19.3 Å². The molecule has 0 fully saturated rings. The highest BCUT2D eigenvalue weighted by Gasteiger charge is 2.06. The molecule has 0 aromatic carbocycles. The van der Waals surface area contributed by atoms with Crippen LogP contribution in [-0.4, -0.2) is 33.6 Å². The van der Waals surface area contributed by atoms with Gasteiger partial charge in [0.1, 0.15) is 0 Å². The van der Waals surface area contributed by atoms with E-state index in [1.165, 1.54) is 0 Å². The van der Waals surface area contributed by atoms with Gasteiger partial charge in [-0.15, -0.1) is 0 Å². The second-order valence-electron chi connectivity index (χ2n) is 5.18. The summed E-state index contributed by atoms with van der Waals surface area (Å²) in [6.45, 7) is 0.629. The Morgan fingerprint density at radius 1 is 1.09 bits per heavy atom. The third kappa shape index (κ3) is 5.90. The van der Waals surface area contributed by atoms with Crippen molar-refractivity contribution in [2.24, 2.45) is 0 Å². The van der Waals surface area contributed by atoms with Gasteiger partial charge in [-0.1, -0.05) is 0 Å². The summed E-state index contributed by atoms with van der Waals surface area (Å²) in [6.07, 6.45) is 7.50. The van der Waals surface area contributed by atoms with Crippen molar-refractivity contribution in [3.05, 3.63) is 42.4 Å². The lowest BCUT2D eigenvalue weighted by molar-refractivity contribution is -0.121. The number of anilines is 1. The number of unbranched alkanes of at least 4 members (excludes halogenated alkanes) is 1. The number of hydrogen-bond acceptors (Lipinski definition) is 4. The first-order valence-corrected chi connectivity index (χ1v) is 7.60. The highest BCUT2D eigenvalue weighted by molar-refractivity contribution is 5.89. The molecule has 0 unspecified atom stereocenters. The highest BCUT2D eigenvalue weighted by atomic mass is 16.2. The average Bonchev–Trinajstić information content (AvgIpc) is 2.99. The van der Waals surface area contributed by atoms with E-state index in [4.69, 9.17) is 0 Å². The standard InChI is InChI=1S/C16H21N5O2/c1-17-15(22)4-2-3-5-16(23)19-14-8-11-21(20-14)12-13-6-9-18-10-7-13/h6-11H,2-5,12H2,1H3,(H,17,22)(H,19,20,23). The van der Waals surface area contributed by atoms with Crippen molar-refractivity contribution in [3.63, 3.8) is 0 Å². The van der Waals surface area contributed by atoms with Gasteiger partial charge < -0.3 is 10.6 Å². The molecule has 0 aliphatic heterocycles. The van der Waals surface area contributed by atoms with Crippen molar-refractivity contribution in [2.75, 3.05) is 12.4 Å². The van der Waals surface area contributed by atoms with Gasteiger partial charge in [0.15, 0.2) is 5.82 Å². The molecule has 2 N–H and O–H groups in total. The fourth-order valence-electron chi connectivity index (χ4n) is 2.09. The number of carbonyl (C=O) groups excluding carboxylic acids is 2. The molecule has 7 heteroatoms. The number of nitrogens with zero attached hydrogens (tertiary/aromatic N) is 3. The van der Waals surface area contributed by atoms with Gasteiger partial charge in [0, 0.05) is 44.5 Å². The summed E-state index contributed by atoms with van der Waals surface area (Å²) in [7, 11) is 1.61. The summed E-state index contributed by atoms with van der Waals surface area (Å²) in [5.74, 6) is 0.451. The largest absolute Gasteiger partial charge is 0.359 e. The van der Waals surface area contributed by atoms with Crippen LogP contribution >= 0.6 is 0 Å². The lowest BCUT2D eigenvalue weighted by Gasteiger charge is -2.03. The van der Waals surface area contributed by atoms with Crippen LogP contribution in [0.15, 0.2) is 36.8 Å². The molecule has 2 aromatic heterocycles. The van der Waals surface area contributed by atoms with Gasteiger partial charge in [0.25, 0.3) is 0 Å². The second-order valence-corrected chi connectivity index (χ2v) is 5.18. The molecule has 0 aliphatic carbocycles. The molecule has 122 valence electrons. The van der Waals surface area contributed by atoms with Crippen molar-refractivity contribution in [1.29, 1.82) is 0 Å². The van der Waals surface area contributed by atoms with Gasteiger partial charge in [0.2, 0.25) is 11.8 Å². The smallest absolute Gasteiger partial charge is 0.225 e. The molecule has 0 bridgehead atoms. The Bertz CT molecular complexity index is 639. The zero-order valence-electron chi connectivity index (χ0n) is 13.2. The van der Waals surface area contributed by atoms with Crippen LogP contribution in [0.2, 0.25) is 0 Å². The van der Waals surface area contributed by atoms with Crippen molar-refractivity contribution in [1.82, 2.24) is 20.1 Å². The molecule has 2 aromatic rings. The zero-order valence-corrected chi connectivity index (χ0v) is 13.2. The maximum Gasteiger partial charge on any atom is 0.225 e. The monoisotopic (exact) mass is 315 g/mol. The second kappa shape index (κ2) is 8.67. The zero-order chi connectivity index (χ0) is 16.5. The minimum absolute atomic E-state index is 0.000244. The summed E-state index contributed by atoms with van der Waals surface area (Å²) >= 11 is 0. The quantitative estimate of drug-likeness (QED) is 0.724. The number of amides is 2. The van der Waals surface area contributed by atoms with E-state index in [0.29, 0.717) is 38.0 Å². The number of hydrogen-bond donors (Lipinski definition) is 2. The minimum Gasteiger partial charge on any atom is -0.359 e. The van der Waals surface area contributed by atoms with Gasteiger partial charge in [-0.2, -0.15) is 5.10 Å². The predicted molar refractivity (Wildman–Crippen MR) is 86.7 cm³/mol. The summed E-state index contributed by atoms with van der Waals surface area (Å²) < 4.78 is 1.76. The van der Waals surface area contributed by atoms with Crippen LogP contribution in [-0.2, 0) is 16.1 Å². The molecule has 0 saturated carbocycles. The Kier molecular flexibility index (Phi) is 6.28. The molecule has 0 saturated heterocycles. The third-order valence-electron chi connectivity index (χ3n) is 3.34. The summed E-state index contributed by atoms with van der Waals surface area (Å²) in [6, 6.07) is 5.61. The molecular formula is C16H21N5O2. The van der Waals surface area contributed by atoms with Gasteiger partial charge in [-0.25, -0.2) is 0 Å². The van der Waals surface area contributed by atoms with Crippen LogP contribution in [0.4, 0.5) is 5.82 Å². The third-order valence-corrected chi connectivity index (χ3v) is 3.34. The molecule has 23 heavy (non-hydrogen) atoms. The molecule has 2 amide bonds. The van der Waals surface area contributed by atoms with Crippen molar-refractivity contribution in [3.8, 4) is 0 Å². The van der Waals surface area contributed by atoms with Crippen molar-refractivity contribution < 1.29 is 9.59 Å². The number of pyridine rings is 1. The van der Waals surface area contributed by atoms with Crippen LogP contribution in [0.3, 0.4) is 0 Å². The topological polar surface area (TPSA) is 88.9 Å². The summed E-state index contributed by atoms with van der Waals surface area (Å²) in [4.78, 5) is 26.9. The highest BCUT2D eigenvalue weighted by Crippen LogP contribution is 2.07. The van der Waals surface area contributed by atoms with Crippen molar-refractivity contribution in [2.45, 2.75) is 32.2 Å². The van der Waals surface area contributed by atoms with Crippen LogP contribution in [0.25, 0.3) is 0 Å². The Morgan fingerprint density at radius 2 is 1.78 bits per heavy atom. The van der Waals surface area contributed by atoms with E-state index >= 15 is 0 Å². The molecule has 0 atom stereocenters. The van der Waals surface area contributed by atoms with Gasteiger partial charge in [0.05, 0.1) is 6.54 Å². The first kappa shape index (κ1) is 16.7. The number of aromatic nitrogens is 3. The Balaban J connectivity index is 1.73. The van der Waals surface area contributed by atoms with Crippen molar-refractivity contribution >= 4 is 17.6 Å². The molecule has 0 aliphatic rings. The van der Waals surface area contributed by atoms with E-state index in [-0.39, 0.29) is 11.8 Å². The number of carbonyl (C=O) groups is 2. The van der Waals surface area contributed by atoms with E-state index in [0.717, 1.165) is 5.56 Å². The number of rotatable bonds is 8. The normalized spacial score (nSPS) is 10.3. The molecular weight excluding hydrogens is 294 g/mol. The average molecular weight is 315 g/mol. The SMILES string of the molecule is CNC(=O)CCCCC(=O)Nc1ccn(Cc2ccncc2)n1. The maximum atomic E-state index is 11.8. The lowest BCUT2D eigenvalue weighted by atomic mass is 10.2. The minimum atomic E-state index is -0.0870. The molecule has 0 spiro atoms. The maximum absolute atomic E-state index is 11.8. The first-order valence-electron chi connectivity index (χ1n) is 7.60. The van der Waals surface area contributed by atoms with Gasteiger partial charge >= 0.3 is 0 Å². The summed E-state index contributed by atoms with van der Waals surface area (Å²) in [5.41, 5.74) is 1.09. The Hall–Kier alpha value is -2.70. The predicted octanol–water partition coefficient (Wildman–Crippen LogP) is 1.57. The van der Waals surface area contributed by atoms with E-state index in [9.17, 15) is 9.59 Å².